The van der Waals surface area contributed by atoms with Gasteiger partial charge in [0.1, 0.15) is 13.2 Å². The summed E-state index contributed by atoms with van der Waals surface area (Å²) in [6.07, 6.45) is 96.1. The number of ether oxygens (including phenoxy) is 3. The lowest BCUT2D eigenvalue weighted by atomic mass is 10.1. The number of unbranched alkanes of at least 4 members (excludes halogenated alkanes) is 9. The molecular weight excluding hydrogens is 949 g/mol. The molecule has 0 aliphatic carbocycles. The van der Waals surface area contributed by atoms with E-state index in [1.165, 1.54) is 19.3 Å². The predicted molar refractivity (Wildman–Crippen MR) is 334 cm³/mol. The zero-order valence-corrected chi connectivity index (χ0v) is 48.6. The van der Waals surface area contributed by atoms with E-state index in [-0.39, 0.29) is 38.0 Å². The molecule has 77 heavy (non-hydrogen) atoms. The highest BCUT2D eigenvalue weighted by Gasteiger charge is 2.19. The average Bonchev–Trinajstić information content (AvgIpc) is 3.43. The van der Waals surface area contributed by atoms with E-state index in [1.54, 1.807) is 6.08 Å². The number of hydrogen-bond acceptors (Lipinski definition) is 6. The highest BCUT2D eigenvalue weighted by atomic mass is 16.6. The van der Waals surface area contributed by atoms with Crippen molar-refractivity contribution in [2.24, 2.45) is 0 Å². The smallest absolute Gasteiger partial charge is 0.310 e. The van der Waals surface area contributed by atoms with Gasteiger partial charge < -0.3 is 14.2 Å². The molecule has 0 aromatic rings. The van der Waals surface area contributed by atoms with E-state index < -0.39 is 12.1 Å². The summed E-state index contributed by atoms with van der Waals surface area (Å²) >= 11 is 0. The molecule has 0 heterocycles. The fourth-order valence-corrected chi connectivity index (χ4v) is 7.17. The number of esters is 3. The molecule has 6 nitrogen and oxygen atoms in total. The fourth-order valence-electron chi connectivity index (χ4n) is 7.17. The second kappa shape index (κ2) is 62.8. The maximum atomic E-state index is 12.8. The molecular formula is C71H106O6. The topological polar surface area (TPSA) is 78.9 Å². The van der Waals surface area contributed by atoms with E-state index >= 15 is 0 Å². The fraction of sp³-hybridized carbons (Fsp3) is 0.507. The molecule has 0 aromatic carbocycles. The van der Waals surface area contributed by atoms with Crippen molar-refractivity contribution in [1.29, 1.82) is 0 Å². The molecule has 0 saturated heterocycles. The largest absolute Gasteiger partial charge is 0.462 e. The Labute approximate surface area is 471 Å². The van der Waals surface area contributed by atoms with Crippen molar-refractivity contribution in [3.63, 3.8) is 0 Å². The van der Waals surface area contributed by atoms with Crippen LogP contribution in [0.2, 0.25) is 0 Å². The summed E-state index contributed by atoms with van der Waals surface area (Å²) in [4.78, 5) is 38.0. The summed E-state index contributed by atoms with van der Waals surface area (Å²) < 4.78 is 16.7. The van der Waals surface area contributed by atoms with Gasteiger partial charge in [0.25, 0.3) is 0 Å². The standard InChI is InChI=1S/C71H106O6/c1-4-7-10-13-16-19-22-24-26-27-28-29-30-31-32-33-34-35-36-37-38-39-40-41-42-43-45-46-49-52-55-58-61-64-70(73)76-67-68(66-75-69(72)63-60-57-54-51-48-21-18-15-12-9-6-3)77-71(74)65-62-59-56-53-50-47-44-25-23-20-17-14-11-8-5-2/h7-8,10-11,15-20,24-26,28-29,31-32,34-35,37-38,40-41,43-45,49-50,52-53,59,62,68H,4-6,9,12-14,21-23,27,30,33,36,39,42,46-48,51,54-58,60-61,63-67H2,1-3H3/b10-7-,11-8-,18-15-,19-16-,20-17-,26-24-,29-28-,32-31-,35-34-,38-37-,41-40-,44-25-,45-43-,52-49-,53-50-,62-59-. The van der Waals surface area contributed by atoms with Crippen LogP contribution >= 0.6 is 0 Å². The van der Waals surface area contributed by atoms with Gasteiger partial charge in [-0.1, -0.05) is 247 Å². The van der Waals surface area contributed by atoms with Crippen LogP contribution in [0, 0.1) is 0 Å². The lowest BCUT2D eigenvalue weighted by Crippen LogP contribution is -2.30. The van der Waals surface area contributed by atoms with Gasteiger partial charge in [-0.25, -0.2) is 0 Å². The molecule has 0 fully saturated rings. The van der Waals surface area contributed by atoms with Crippen LogP contribution in [0.15, 0.2) is 194 Å². The Hall–Kier alpha value is -5.75. The first-order valence-corrected chi connectivity index (χ1v) is 29.9. The Bertz CT molecular complexity index is 1880. The lowest BCUT2D eigenvalue weighted by molar-refractivity contribution is -0.166. The van der Waals surface area contributed by atoms with Crippen molar-refractivity contribution in [3.05, 3.63) is 194 Å². The van der Waals surface area contributed by atoms with Crippen LogP contribution in [0.1, 0.15) is 213 Å². The van der Waals surface area contributed by atoms with E-state index in [9.17, 15) is 14.4 Å². The Balaban J connectivity index is 4.45. The van der Waals surface area contributed by atoms with Gasteiger partial charge >= 0.3 is 17.9 Å². The van der Waals surface area contributed by atoms with Crippen LogP contribution in [0.3, 0.4) is 0 Å². The van der Waals surface area contributed by atoms with Gasteiger partial charge in [-0.05, 0) is 141 Å². The van der Waals surface area contributed by atoms with E-state index in [0.29, 0.717) is 19.3 Å². The van der Waals surface area contributed by atoms with Gasteiger partial charge in [-0.2, -0.15) is 0 Å². The van der Waals surface area contributed by atoms with E-state index in [1.807, 2.05) is 6.08 Å². The molecule has 0 radical (unpaired) electrons. The molecule has 0 rings (SSSR count). The highest BCUT2D eigenvalue weighted by molar-refractivity contribution is 5.72. The molecule has 1 unspecified atom stereocenters. The quantitative estimate of drug-likeness (QED) is 0.0261. The van der Waals surface area contributed by atoms with E-state index in [4.69, 9.17) is 14.2 Å². The van der Waals surface area contributed by atoms with E-state index in [0.717, 1.165) is 141 Å². The Kier molecular flexibility index (Phi) is 58.1. The van der Waals surface area contributed by atoms with Crippen LogP contribution < -0.4 is 0 Å². The molecule has 0 spiro atoms. The monoisotopic (exact) mass is 1050 g/mol. The van der Waals surface area contributed by atoms with Crippen molar-refractivity contribution in [2.45, 2.75) is 219 Å². The maximum Gasteiger partial charge on any atom is 0.310 e. The van der Waals surface area contributed by atoms with Crippen molar-refractivity contribution in [3.8, 4) is 0 Å². The number of rotatable bonds is 51. The molecule has 0 N–H and O–H groups in total. The van der Waals surface area contributed by atoms with Gasteiger partial charge in [-0.3, -0.25) is 14.4 Å². The Morgan fingerprint density at radius 1 is 0.286 bits per heavy atom. The number of hydrogen-bond donors (Lipinski definition) is 0. The van der Waals surface area contributed by atoms with Crippen molar-refractivity contribution in [2.75, 3.05) is 13.2 Å². The van der Waals surface area contributed by atoms with Crippen LogP contribution in [-0.2, 0) is 28.6 Å². The third-order valence-electron chi connectivity index (χ3n) is 11.6. The normalized spacial score (nSPS) is 13.5. The van der Waals surface area contributed by atoms with E-state index in [2.05, 4.69) is 203 Å². The second-order valence-electron chi connectivity index (χ2n) is 18.8. The zero-order chi connectivity index (χ0) is 55.7. The van der Waals surface area contributed by atoms with Gasteiger partial charge in [0, 0.05) is 12.8 Å². The first kappa shape index (κ1) is 71.2. The minimum Gasteiger partial charge on any atom is -0.462 e. The van der Waals surface area contributed by atoms with Crippen LogP contribution in [0.5, 0.6) is 0 Å². The third kappa shape index (κ3) is 61.0. The Morgan fingerprint density at radius 3 is 0.896 bits per heavy atom. The summed E-state index contributed by atoms with van der Waals surface area (Å²) in [5.74, 6) is -1.15. The second-order valence-corrected chi connectivity index (χ2v) is 18.8. The van der Waals surface area contributed by atoms with Crippen LogP contribution in [0.4, 0.5) is 0 Å². The summed E-state index contributed by atoms with van der Waals surface area (Å²) in [5.41, 5.74) is 0. The Morgan fingerprint density at radius 2 is 0.545 bits per heavy atom. The van der Waals surface area contributed by atoms with Gasteiger partial charge in [0.05, 0.1) is 6.42 Å². The third-order valence-corrected chi connectivity index (χ3v) is 11.6. The number of carbonyl (C=O) groups is 3. The molecule has 0 aliphatic heterocycles. The summed E-state index contributed by atoms with van der Waals surface area (Å²) in [6, 6.07) is 0. The summed E-state index contributed by atoms with van der Waals surface area (Å²) in [6.45, 7) is 6.21. The molecule has 0 aromatic heterocycles. The molecule has 6 heteroatoms. The van der Waals surface area contributed by atoms with Crippen molar-refractivity contribution < 1.29 is 28.6 Å². The average molecular weight is 1060 g/mol. The number of allylic oxidation sites excluding steroid dienone is 31. The SMILES string of the molecule is CC/C=C\C/C=C\C/C=C\C/C=C\C/C=C\C/C=C\C/C=C\C/C=C\C/C=C\C/C=C\CCCCC(=O)OCC(COC(=O)CCCCCCC/C=C\CCCC)OC(=O)C/C=C\C/C=C\C/C=C\C/C=C\C/C=C\CC. The van der Waals surface area contributed by atoms with Gasteiger partial charge in [0.15, 0.2) is 6.10 Å². The molecule has 0 aliphatic rings. The summed E-state index contributed by atoms with van der Waals surface area (Å²) in [5, 5.41) is 0. The molecule has 0 saturated carbocycles. The maximum absolute atomic E-state index is 12.8. The van der Waals surface area contributed by atoms with Gasteiger partial charge in [0.2, 0.25) is 0 Å². The minimum absolute atomic E-state index is 0.0753. The van der Waals surface area contributed by atoms with Gasteiger partial charge in [-0.15, -0.1) is 0 Å². The molecule has 426 valence electrons. The van der Waals surface area contributed by atoms with Crippen molar-refractivity contribution >= 4 is 17.9 Å². The lowest BCUT2D eigenvalue weighted by Gasteiger charge is -2.18. The van der Waals surface area contributed by atoms with Crippen LogP contribution in [-0.4, -0.2) is 37.2 Å². The minimum atomic E-state index is -0.864. The molecule has 1 atom stereocenters. The first-order valence-electron chi connectivity index (χ1n) is 29.9. The first-order chi connectivity index (χ1) is 38.0. The van der Waals surface area contributed by atoms with Crippen molar-refractivity contribution in [1.82, 2.24) is 0 Å². The number of carbonyl (C=O) groups excluding carboxylic acids is 3. The highest BCUT2D eigenvalue weighted by Crippen LogP contribution is 2.11. The molecule has 0 bridgehead atoms. The summed E-state index contributed by atoms with van der Waals surface area (Å²) in [7, 11) is 0. The predicted octanol–water partition coefficient (Wildman–Crippen LogP) is 20.6. The zero-order valence-electron chi connectivity index (χ0n) is 48.6. The van der Waals surface area contributed by atoms with Crippen LogP contribution in [0.25, 0.3) is 0 Å². The molecule has 0 amide bonds.